The minimum atomic E-state index is -0.0802. The predicted octanol–water partition coefficient (Wildman–Crippen LogP) is 4.13. The monoisotopic (exact) mass is 358 g/mol. The van der Waals surface area contributed by atoms with Crippen molar-refractivity contribution in [2.45, 2.75) is 38.0 Å². The van der Waals surface area contributed by atoms with Crippen LogP contribution in [0, 0.1) is 9.49 Å². The molecule has 1 unspecified atom stereocenters. The topological polar surface area (TPSA) is 26.3 Å². The van der Waals surface area contributed by atoms with Crippen molar-refractivity contribution < 1.29 is 9.53 Å². The van der Waals surface area contributed by atoms with Crippen LogP contribution in [0.1, 0.15) is 43.6 Å². The molecule has 1 saturated carbocycles. The van der Waals surface area contributed by atoms with Gasteiger partial charge in [0, 0.05) is 3.57 Å². The van der Waals surface area contributed by atoms with Crippen LogP contribution in [0.25, 0.3) is 0 Å². The van der Waals surface area contributed by atoms with Gasteiger partial charge in [-0.3, -0.25) is 4.79 Å². The molecule has 0 amide bonds. The van der Waals surface area contributed by atoms with Gasteiger partial charge in [-0.15, -0.1) is 0 Å². The normalized spacial score (nSPS) is 18.3. The number of ether oxygens (including phenoxy) is 1. The molecule has 3 heteroatoms. The van der Waals surface area contributed by atoms with Crippen molar-refractivity contribution in [1.29, 1.82) is 0 Å². The van der Waals surface area contributed by atoms with Crippen LogP contribution in [-0.2, 0) is 9.53 Å². The first kappa shape index (κ1) is 13.8. The van der Waals surface area contributed by atoms with Gasteiger partial charge in [0.1, 0.15) is 0 Å². The fraction of sp³-hybridized carbons (Fsp3) is 0.533. The first-order valence-corrected chi connectivity index (χ1v) is 7.64. The molecule has 0 aliphatic heterocycles. The van der Waals surface area contributed by atoms with E-state index in [4.69, 9.17) is 4.74 Å². The van der Waals surface area contributed by atoms with E-state index >= 15 is 0 Å². The molecule has 98 valence electrons. The molecular formula is C15H19IO2. The minimum absolute atomic E-state index is 0.0778. The summed E-state index contributed by atoms with van der Waals surface area (Å²) < 4.78 is 6.20. The summed E-state index contributed by atoms with van der Waals surface area (Å²) in [5, 5.41) is 0. The molecule has 2 nitrogen and oxygen atoms in total. The molecule has 0 saturated heterocycles. The summed E-state index contributed by atoms with van der Waals surface area (Å²) in [6.45, 7) is 0. The Hall–Kier alpha value is -0.580. The van der Waals surface area contributed by atoms with Crippen LogP contribution < -0.4 is 0 Å². The Bertz CT molecular complexity index is 411. The zero-order chi connectivity index (χ0) is 13.0. The van der Waals surface area contributed by atoms with E-state index in [0.29, 0.717) is 5.92 Å². The standard InChI is InChI=1S/C15H19IO2/c1-18-15(17)14(11-7-3-2-4-8-11)12-9-5-6-10-13(12)16/h5-6,9-11,14H,2-4,7-8H2,1H3. The van der Waals surface area contributed by atoms with Gasteiger partial charge in [0.05, 0.1) is 13.0 Å². The van der Waals surface area contributed by atoms with Crippen LogP contribution in [-0.4, -0.2) is 13.1 Å². The zero-order valence-corrected chi connectivity index (χ0v) is 12.9. The van der Waals surface area contributed by atoms with E-state index in [1.165, 1.54) is 26.4 Å². The van der Waals surface area contributed by atoms with E-state index in [2.05, 4.69) is 34.7 Å². The van der Waals surface area contributed by atoms with Gasteiger partial charge in [-0.05, 0) is 53.0 Å². The van der Waals surface area contributed by atoms with E-state index in [-0.39, 0.29) is 11.9 Å². The maximum atomic E-state index is 12.1. The van der Waals surface area contributed by atoms with Crippen molar-refractivity contribution in [3.05, 3.63) is 33.4 Å². The van der Waals surface area contributed by atoms with Gasteiger partial charge < -0.3 is 4.74 Å². The predicted molar refractivity (Wildman–Crippen MR) is 80.5 cm³/mol. The summed E-state index contributed by atoms with van der Waals surface area (Å²) in [5.74, 6) is 0.288. The Kier molecular flexibility index (Phi) is 5.03. The first-order valence-electron chi connectivity index (χ1n) is 6.56. The molecule has 1 atom stereocenters. The Morgan fingerprint density at radius 2 is 1.94 bits per heavy atom. The van der Waals surface area contributed by atoms with Crippen molar-refractivity contribution in [1.82, 2.24) is 0 Å². The summed E-state index contributed by atoms with van der Waals surface area (Å²) in [6, 6.07) is 8.16. The lowest BCUT2D eigenvalue weighted by molar-refractivity contribution is -0.144. The maximum Gasteiger partial charge on any atom is 0.313 e. The number of hydrogen-bond acceptors (Lipinski definition) is 2. The summed E-state index contributed by atoms with van der Waals surface area (Å²) in [6.07, 6.45) is 6.06. The van der Waals surface area contributed by atoms with Crippen molar-refractivity contribution in [3.63, 3.8) is 0 Å². The van der Waals surface area contributed by atoms with Crippen LogP contribution in [0.2, 0.25) is 0 Å². The van der Waals surface area contributed by atoms with Gasteiger partial charge >= 0.3 is 5.97 Å². The molecule has 0 N–H and O–H groups in total. The second kappa shape index (κ2) is 6.55. The lowest BCUT2D eigenvalue weighted by atomic mass is 9.77. The Morgan fingerprint density at radius 3 is 2.56 bits per heavy atom. The number of halogens is 1. The lowest BCUT2D eigenvalue weighted by Gasteiger charge is -2.29. The highest BCUT2D eigenvalue weighted by Gasteiger charge is 2.32. The fourth-order valence-electron chi connectivity index (χ4n) is 2.90. The largest absolute Gasteiger partial charge is 0.469 e. The van der Waals surface area contributed by atoms with Crippen molar-refractivity contribution in [2.24, 2.45) is 5.92 Å². The quantitative estimate of drug-likeness (QED) is 0.600. The number of esters is 1. The van der Waals surface area contributed by atoms with Gasteiger partial charge in [0.15, 0.2) is 0 Å². The van der Waals surface area contributed by atoms with E-state index in [1.54, 1.807) is 0 Å². The van der Waals surface area contributed by atoms with Gasteiger partial charge in [-0.25, -0.2) is 0 Å². The summed E-state index contributed by atoms with van der Waals surface area (Å²) >= 11 is 2.31. The van der Waals surface area contributed by atoms with Crippen molar-refractivity contribution in [2.75, 3.05) is 7.11 Å². The molecule has 1 aromatic carbocycles. The Balaban J connectivity index is 2.30. The van der Waals surface area contributed by atoms with Crippen molar-refractivity contribution in [3.8, 4) is 0 Å². The highest BCUT2D eigenvalue weighted by atomic mass is 127. The number of rotatable bonds is 3. The lowest BCUT2D eigenvalue weighted by Crippen LogP contribution is -2.25. The van der Waals surface area contributed by atoms with Crippen LogP contribution >= 0.6 is 22.6 Å². The van der Waals surface area contributed by atoms with E-state index in [1.807, 2.05) is 12.1 Å². The van der Waals surface area contributed by atoms with Crippen molar-refractivity contribution >= 4 is 28.6 Å². The SMILES string of the molecule is COC(=O)C(c1ccccc1I)C1CCCCC1. The smallest absolute Gasteiger partial charge is 0.313 e. The van der Waals surface area contributed by atoms with Crippen LogP contribution in [0.15, 0.2) is 24.3 Å². The second-order valence-electron chi connectivity index (χ2n) is 4.92. The molecule has 0 radical (unpaired) electrons. The van der Waals surface area contributed by atoms with Gasteiger partial charge in [0.2, 0.25) is 0 Å². The molecule has 18 heavy (non-hydrogen) atoms. The summed E-state index contributed by atoms with van der Waals surface area (Å²) in [7, 11) is 1.49. The van der Waals surface area contributed by atoms with E-state index in [0.717, 1.165) is 22.0 Å². The van der Waals surface area contributed by atoms with Gasteiger partial charge in [0.25, 0.3) is 0 Å². The third-order valence-electron chi connectivity index (χ3n) is 3.82. The number of carbonyl (C=O) groups is 1. The second-order valence-corrected chi connectivity index (χ2v) is 6.08. The Morgan fingerprint density at radius 1 is 1.28 bits per heavy atom. The van der Waals surface area contributed by atoms with Gasteiger partial charge in [-0.1, -0.05) is 37.5 Å². The summed E-state index contributed by atoms with van der Waals surface area (Å²) in [5.41, 5.74) is 1.14. The molecule has 2 rings (SSSR count). The van der Waals surface area contributed by atoms with Crippen LogP contribution in [0.3, 0.4) is 0 Å². The molecule has 0 aromatic heterocycles. The third-order valence-corrected chi connectivity index (χ3v) is 4.80. The van der Waals surface area contributed by atoms with E-state index < -0.39 is 0 Å². The minimum Gasteiger partial charge on any atom is -0.469 e. The molecular weight excluding hydrogens is 339 g/mol. The zero-order valence-electron chi connectivity index (χ0n) is 10.7. The Labute approximate surface area is 122 Å². The first-order chi connectivity index (χ1) is 8.74. The molecule has 1 aliphatic rings. The molecule has 0 bridgehead atoms. The number of benzene rings is 1. The molecule has 1 fully saturated rings. The molecule has 0 heterocycles. The molecule has 1 aromatic rings. The number of methoxy groups -OCH3 is 1. The van der Waals surface area contributed by atoms with E-state index in [9.17, 15) is 4.79 Å². The highest BCUT2D eigenvalue weighted by molar-refractivity contribution is 14.1. The average Bonchev–Trinajstić information content (AvgIpc) is 2.42. The number of carbonyl (C=O) groups excluding carboxylic acids is 1. The van der Waals surface area contributed by atoms with Crippen LogP contribution in [0.4, 0.5) is 0 Å². The van der Waals surface area contributed by atoms with Gasteiger partial charge in [-0.2, -0.15) is 0 Å². The third kappa shape index (κ3) is 3.05. The fourth-order valence-corrected chi connectivity index (χ4v) is 3.62. The number of hydrogen-bond donors (Lipinski definition) is 0. The average molecular weight is 358 g/mol. The highest BCUT2D eigenvalue weighted by Crippen LogP contribution is 2.38. The molecule has 1 aliphatic carbocycles. The van der Waals surface area contributed by atoms with Crippen LogP contribution in [0.5, 0.6) is 0 Å². The summed E-state index contributed by atoms with van der Waals surface area (Å²) in [4.78, 5) is 12.1. The maximum absolute atomic E-state index is 12.1. The molecule has 0 spiro atoms.